The van der Waals surface area contributed by atoms with Crippen LogP contribution in [-0.2, 0) is 19.6 Å². The Morgan fingerprint density at radius 2 is 1.61 bits per heavy atom. The number of benzene rings is 1. The Bertz CT molecular complexity index is 1010. The van der Waals surface area contributed by atoms with Crippen LogP contribution in [0, 0.1) is 0 Å². The fourth-order valence-electron chi connectivity index (χ4n) is 1.86. The molecular weight excluding hydrogens is 400 g/mol. The van der Waals surface area contributed by atoms with E-state index in [0.29, 0.717) is 0 Å². The molecule has 13 nitrogen and oxygen atoms in total. The largest absolute Gasteiger partial charge is 0.478 e. The number of carboxylic acid groups (broad SMARTS) is 1. The minimum absolute atomic E-state index is 0.00413. The number of urea groups is 1. The van der Waals surface area contributed by atoms with Gasteiger partial charge in [-0.2, -0.15) is 9.97 Å². The summed E-state index contributed by atoms with van der Waals surface area (Å²) in [6, 6.07) is 4.20. The molecule has 14 heteroatoms. The summed E-state index contributed by atoms with van der Waals surface area (Å²) in [5.74, 6) is -2.90. The highest BCUT2D eigenvalue weighted by atomic mass is 32.2. The van der Waals surface area contributed by atoms with E-state index in [1.54, 1.807) is 4.72 Å². The monoisotopic (exact) mass is 410 g/mol. The number of hydrogen-bond donors (Lipinski definition) is 3. The molecule has 0 aliphatic heterocycles. The summed E-state index contributed by atoms with van der Waals surface area (Å²) in [7, 11) is -4.57. The number of nitrogens with zero attached hydrogens (tertiary/aromatic N) is 2. The molecule has 0 aliphatic carbocycles. The van der Waals surface area contributed by atoms with Crippen LogP contribution in [0.3, 0.4) is 0 Å². The number of carboxylic acids is 1. The van der Waals surface area contributed by atoms with Gasteiger partial charge in [0.05, 0.1) is 11.6 Å². The third-order valence-electron chi connectivity index (χ3n) is 2.88. The van der Waals surface area contributed by atoms with Crippen molar-refractivity contribution in [3.8, 4) is 11.8 Å². The highest BCUT2D eigenvalue weighted by Crippen LogP contribution is 2.18. The molecule has 0 saturated carbocycles. The van der Waals surface area contributed by atoms with Crippen molar-refractivity contribution in [3.05, 3.63) is 35.9 Å². The number of anilines is 1. The molecule has 0 radical (unpaired) electrons. The van der Waals surface area contributed by atoms with Crippen LogP contribution in [-0.4, -0.2) is 48.4 Å². The number of ether oxygens (including phenoxy) is 2. The second kappa shape index (κ2) is 8.54. The molecule has 0 bridgehead atoms. The molecule has 2 aromatic rings. The molecule has 0 fully saturated rings. The van der Waals surface area contributed by atoms with Crippen molar-refractivity contribution < 1.29 is 42.2 Å². The van der Waals surface area contributed by atoms with Crippen molar-refractivity contribution in [3.63, 3.8) is 0 Å². The van der Waals surface area contributed by atoms with Gasteiger partial charge in [-0.25, -0.2) is 22.7 Å². The number of carbonyl (C=O) groups is 4. The van der Waals surface area contributed by atoms with Crippen molar-refractivity contribution in [1.82, 2.24) is 14.7 Å². The Labute approximate surface area is 156 Å². The van der Waals surface area contributed by atoms with Gasteiger partial charge in [0, 0.05) is 0 Å². The number of hydrogen-bond acceptors (Lipinski definition) is 10. The van der Waals surface area contributed by atoms with Crippen LogP contribution in [0.1, 0.15) is 10.4 Å². The molecule has 0 saturated heterocycles. The molecule has 0 unspecified atom stereocenters. The van der Waals surface area contributed by atoms with Crippen molar-refractivity contribution in [2.75, 3.05) is 5.32 Å². The lowest BCUT2D eigenvalue weighted by molar-refractivity contribution is -0.121. The average Bonchev–Trinajstić information content (AvgIpc) is 2.61. The standard InChI is InChI=1S/C14H10N4O9S/c19-6-26-10-5-11(27-7-20)16-13(15-10)17-14(23)18-28(24,25)9-4-2-1-3-8(9)12(21)22/h1-7H,(H,21,22)(H2,15,16,17,18,23). The van der Waals surface area contributed by atoms with Gasteiger partial charge in [0.15, 0.2) is 0 Å². The van der Waals surface area contributed by atoms with Crippen molar-refractivity contribution in [2.45, 2.75) is 4.90 Å². The number of rotatable bonds is 8. The van der Waals surface area contributed by atoms with Crippen LogP contribution in [0.4, 0.5) is 10.7 Å². The Balaban J connectivity index is 2.25. The fraction of sp³-hybridized carbons (Fsp3) is 0. The highest BCUT2D eigenvalue weighted by Gasteiger charge is 2.24. The van der Waals surface area contributed by atoms with E-state index in [9.17, 15) is 27.6 Å². The van der Waals surface area contributed by atoms with Crippen LogP contribution in [0.2, 0.25) is 0 Å². The first-order valence-electron chi connectivity index (χ1n) is 7.02. The Morgan fingerprint density at radius 1 is 1.04 bits per heavy atom. The summed E-state index contributed by atoms with van der Waals surface area (Å²) >= 11 is 0. The van der Waals surface area contributed by atoms with Gasteiger partial charge in [-0.05, 0) is 12.1 Å². The molecule has 146 valence electrons. The van der Waals surface area contributed by atoms with E-state index < -0.39 is 50.2 Å². The summed E-state index contributed by atoms with van der Waals surface area (Å²) in [5.41, 5.74) is -0.554. The lowest BCUT2D eigenvalue weighted by Gasteiger charge is -2.10. The molecule has 0 spiro atoms. The molecule has 2 rings (SSSR count). The summed E-state index contributed by atoms with van der Waals surface area (Å²) in [4.78, 5) is 50.4. The first kappa shape index (κ1) is 20.2. The van der Waals surface area contributed by atoms with Gasteiger partial charge in [-0.1, -0.05) is 12.1 Å². The van der Waals surface area contributed by atoms with Gasteiger partial charge >= 0.3 is 12.0 Å². The van der Waals surface area contributed by atoms with E-state index in [0.717, 1.165) is 18.2 Å². The number of sulfonamides is 1. The van der Waals surface area contributed by atoms with Crippen molar-refractivity contribution >= 4 is 40.9 Å². The maximum atomic E-state index is 12.3. The zero-order valence-corrected chi connectivity index (χ0v) is 14.4. The summed E-state index contributed by atoms with van der Waals surface area (Å²) in [6.45, 7) is 0.00827. The molecule has 1 heterocycles. The first-order chi connectivity index (χ1) is 13.3. The zero-order chi connectivity index (χ0) is 20.7. The van der Waals surface area contributed by atoms with E-state index in [1.165, 1.54) is 12.1 Å². The van der Waals surface area contributed by atoms with Crippen LogP contribution in [0.25, 0.3) is 0 Å². The molecule has 1 aromatic heterocycles. The number of carbonyl (C=O) groups excluding carboxylic acids is 3. The van der Waals surface area contributed by atoms with Crippen molar-refractivity contribution in [1.29, 1.82) is 0 Å². The Hall–Kier alpha value is -4.07. The van der Waals surface area contributed by atoms with Crippen LogP contribution >= 0.6 is 0 Å². The third-order valence-corrected chi connectivity index (χ3v) is 4.27. The smallest absolute Gasteiger partial charge is 0.337 e. The Kier molecular flexibility index (Phi) is 6.18. The molecule has 2 amide bonds. The second-order valence-corrected chi connectivity index (χ2v) is 6.31. The predicted molar refractivity (Wildman–Crippen MR) is 88.2 cm³/mol. The lowest BCUT2D eigenvalue weighted by Crippen LogP contribution is -2.35. The molecule has 0 atom stereocenters. The number of aromatic nitrogens is 2. The molecule has 0 aliphatic rings. The molecule has 28 heavy (non-hydrogen) atoms. The topological polar surface area (TPSA) is 191 Å². The van der Waals surface area contributed by atoms with Gasteiger partial charge in [-0.3, -0.25) is 14.9 Å². The fourth-order valence-corrected chi connectivity index (χ4v) is 2.97. The highest BCUT2D eigenvalue weighted by molar-refractivity contribution is 7.90. The van der Waals surface area contributed by atoms with Gasteiger partial charge in [-0.15, -0.1) is 0 Å². The number of amides is 2. The third kappa shape index (κ3) is 4.98. The number of nitrogens with one attached hydrogen (secondary N) is 2. The SMILES string of the molecule is O=COc1cc(OC=O)nc(NC(=O)NS(=O)(=O)c2ccccc2C(=O)O)n1. The minimum atomic E-state index is -4.57. The van der Waals surface area contributed by atoms with Gasteiger partial charge < -0.3 is 14.6 Å². The Morgan fingerprint density at radius 3 is 2.14 bits per heavy atom. The van der Waals surface area contributed by atoms with Gasteiger partial charge in [0.2, 0.25) is 17.7 Å². The summed E-state index contributed by atoms with van der Waals surface area (Å²) in [6.07, 6.45) is 0. The molecular formula is C14H10N4O9S. The molecule has 1 aromatic carbocycles. The lowest BCUT2D eigenvalue weighted by atomic mass is 10.2. The van der Waals surface area contributed by atoms with E-state index in [4.69, 9.17) is 5.11 Å². The summed E-state index contributed by atoms with van der Waals surface area (Å²) < 4.78 is 35.0. The predicted octanol–water partition coefficient (Wildman–Crippen LogP) is -0.244. The normalized spacial score (nSPS) is 10.4. The van der Waals surface area contributed by atoms with E-state index in [2.05, 4.69) is 19.4 Å². The van der Waals surface area contributed by atoms with E-state index in [1.807, 2.05) is 5.32 Å². The van der Waals surface area contributed by atoms with Gasteiger partial charge in [0.25, 0.3) is 23.0 Å². The van der Waals surface area contributed by atoms with Gasteiger partial charge in [0.1, 0.15) is 4.90 Å². The maximum Gasteiger partial charge on any atom is 0.337 e. The van der Waals surface area contributed by atoms with E-state index >= 15 is 0 Å². The maximum absolute atomic E-state index is 12.3. The van der Waals surface area contributed by atoms with E-state index in [-0.39, 0.29) is 12.9 Å². The molecule has 3 N–H and O–H groups in total. The second-order valence-electron chi connectivity index (χ2n) is 4.66. The quantitative estimate of drug-likeness (QED) is 0.486. The van der Waals surface area contributed by atoms with Crippen LogP contribution in [0.5, 0.6) is 11.8 Å². The first-order valence-corrected chi connectivity index (χ1v) is 8.51. The average molecular weight is 410 g/mol. The van der Waals surface area contributed by atoms with Crippen LogP contribution in [0.15, 0.2) is 35.2 Å². The van der Waals surface area contributed by atoms with Crippen LogP contribution < -0.4 is 19.5 Å². The zero-order valence-electron chi connectivity index (χ0n) is 13.6. The van der Waals surface area contributed by atoms with Crippen molar-refractivity contribution in [2.24, 2.45) is 0 Å². The number of aromatic carboxylic acids is 1. The minimum Gasteiger partial charge on any atom is -0.478 e. The summed E-state index contributed by atoms with van der Waals surface area (Å²) in [5, 5.41) is 11.0.